The number of aryl methyl sites for hydroxylation is 1. The van der Waals surface area contributed by atoms with Gasteiger partial charge in [0.15, 0.2) is 5.17 Å². The molecule has 0 atom stereocenters. The van der Waals surface area contributed by atoms with E-state index in [0.29, 0.717) is 6.61 Å². The first-order chi connectivity index (χ1) is 14.0. The molecule has 0 bridgehead atoms. The van der Waals surface area contributed by atoms with E-state index in [4.69, 9.17) is 4.74 Å². The van der Waals surface area contributed by atoms with Gasteiger partial charge in [-0.1, -0.05) is 36.4 Å². The van der Waals surface area contributed by atoms with Crippen LogP contribution >= 0.6 is 11.8 Å². The van der Waals surface area contributed by atoms with Crippen LogP contribution in [0.25, 0.3) is 0 Å². The molecule has 0 unspecified atom stereocenters. The molecule has 0 spiro atoms. The van der Waals surface area contributed by atoms with E-state index in [1.54, 1.807) is 6.21 Å². The third-order valence-corrected chi connectivity index (χ3v) is 4.87. The van der Waals surface area contributed by atoms with Crippen LogP contribution in [0.3, 0.4) is 0 Å². The van der Waals surface area contributed by atoms with Gasteiger partial charge in [0.05, 0.1) is 18.2 Å². The molecule has 1 aliphatic rings. The van der Waals surface area contributed by atoms with E-state index in [9.17, 15) is 9.59 Å². The first kappa shape index (κ1) is 20.3. The average Bonchev–Trinajstić information content (AvgIpc) is 3.06. The van der Waals surface area contributed by atoms with Crippen molar-refractivity contribution in [2.45, 2.75) is 13.5 Å². The first-order valence-electron chi connectivity index (χ1n) is 8.72. The first-order valence-corrected chi connectivity index (χ1v) is 9.54. The van der Waals surface area contributed by atoms with Crippen LogP contribution < -0.4 is 10.1 Å². The van der Waals surface area contributed by atoms with Gasteiger partial charge in [-0.3, -0.25) is 10.1 Å². The second kappa shape index (κ2) is 9.70. The zero-order valence-electron chi connectivity index (χ0n) is 15.9. The number of amidine groups is 1. The molecule has 148 valence electrons. The van der Waals surface area contributed by atoms with E-state index in [2.05, 4.69) is 20.3 Å². The number of hydrogen-bond acceptors (Lipinski definition) is 7. The molecule has 1 fully saturated rings. The summed E-state index contributed by atoms with van der Waals surface area (Å²) in [5, 5.41) is 10.8. The number of rotatable bonds is 6. The van der Waals surface area contributed by atoms with E-state index >= 15 is 0 Å². The minimum absolute atomic E-state index is 0.206. The highest BCUT2D eigenvalue weighted by atomic mass is 32.2. The number of nitrogens with one attached hydrogen (secondary N) is 1. The zero-order chi connectivity index (χ0) is 20.6. The van der Waals surface area contributed by atoms with Crippen molar-refractivity contribution in [3.8, 4) is 5.75 Å². The Labute approximate surface area is 172 Å². The summed E-state index contributed by atoms with van der Waals surface area (Å²) < 4.78 is 10.4. The smallest absolute Gasteiger partial charge is 0.331 e. The lowest BCUT2D eigenvalue weighted by molar-refractivity contribution is -0.135. The van der Waals surface area contributed by atoms with Crippen molar-refractivity contribution in [2.75, 3.05) is 7.11 Å². The molecule has 2 aromatic carbocycles. The normalized spacial score (nSPS) is 16.4. The monoisotopic (exact) mass is 409 g/mol. The summed E-state index contributed by atoms with van der Waals surface area (Å²) in [5.74, 6) is -0.299. The van der Waals surface area contributed by atoms with Crippen LogP contribution in [0.2, 0.25) is 0 Å². The fourth-order valence-electron chi connectivity index (χ4n) is 2.41. The summed E-state index contributed by atoms with van der Waals surface area (Å²) in [6, 6.07) is 15.5. The predicted octanol–water partition coefficient (Wildman–Crippen LogP) is 3.18. The van der Waals surface area contributed by atoms with Crippen molar-refractivity contribution < 1.29 is 19.1 Å². The van der Waals surface area contributed by atoms with Crippen LogP contribution in [-0.2, 0) is 20.9 Å². The summed E-state index contributed by atoms with van der Waals surface area (Å²) in [7, 11) is 1.25. The highest BCUT2D eigenvalue weighted by Gasteiger charge is 2.24. The third kappa shape index (κ3) is 5.79. The van der Waals surface area contributed by atoms with Crippen LogP contribution in [0.5, 0.6) is 5.75 Å². The highest BCUT2D eigenvalue weighted by molar-refractivity contribution is 8.18. The van der Waals surface area contributed by atoms with Crippen LogP contribution in [-0.4, -0.2) is 30.4 Å². The summed E-state index contributed by atoms with van der Waals surface area (Å²) in [4.78, 5) is 23.2. The van der Waals surface area contributed by atoms with E-state index in [1.807, 2.05) is 55.5 Å². The Morgan fingerprint density at radius 3 is 2.83 bits per heavy atom. The van der Waals surface area contributed by atoms with Crippen molar-refractivity contribution in [3.63, 3.8) is 0 Å². The number of thioether (sulfide) groups is 1. The van der Waals surface area contributed by atoms with Crippen LogP contribution in [0, 0.1) is 6.92 Å². The van der Waals surface area contributed by atoms with Gasteiger partial charge >= 0.3 is 5.97 Å². The maximum absolute atomic E-state index is 11.8. The van der Waals surface area contributed by atoms with Crippen molar-refractivity contribution in [3.05, 3.63) is 76.2 Å². The minimum atomic E-state index is -0.602. The van der Waals surface area contributed by atoms with Gasteiger partial charge in [0.2, 0.25) is 0 Å². The Kier molecular flexibility index (Phi) is 6.80. The van der Waals surface area contributed by atoms with Gasteiger partial charge in [0.25, 0.3) is 5.91 Å². The molecule has 3 rings (SSSR count). The minimum Gasteiger partial charge on any atom is -0.489 e. The third-order valence-electron chi connectivity index (χ3n) is 3.97. The zero-order valence-corrected chi connectivity index (χ0v) is 16.7. The Balaban J connectivity index is 1.61. The van der Waals surface area contributed by atoms with Gasteiger partial charge in [-0.2, -0.15) is 5.10 Å². The topological polar surface area (TPSA) is 89.3 Å². The molecule has 29 heavy (non-hydrogen) atoms. The molecule has 1 heterocycles. The van der Waals surface area contributed by atoms with Gasteiger partial charge in [-0.05, 0) is 47.5 Å². The number of hydrogen-bond donors (Lipinski definition) is 1. The lowest BCUT2D eigenvalue weighted by atomic mass is 10.1. The number of benzene rings is 2. The van der Waals surface area contributed by atoms with E-state index in [-0.39, 0.29) is 10.1 Å². The fraction of sp³-hybridized carbons (Fsp3) is 0.143. The van der Waals surface area contributed by atoms with E-state index < -0.39 is 11.9 Å². The number of esters is 1. The summed E-state index contributed by atoms with van der Waals surface area (Å²) in [6.07, 6.45) is 2.67. The lowest BCUT2D eigenvalue weighted by Gasteiger charge is -2.08. The molecule has 0 aliphatic carbocycles. The summed E-state index contributed by atoms with van der Waals surface area (Å²) >= 11 is 1.02. The molecule has 1 aliphatic heterocycles. The lowest BCUT2D eigenvalue weighted by Crippen LogP contribution is -2.19. The molecule has 8 heteroatoms. The number of ether oxygens (including phenoxy) is 2. The van der Waals surface area contributed by atoms with Crippen molar-refractivity contribution in [2.24, 2.45) is 10.2 Å². The number of methoxy groups -OCH3 is 1. The predicted molar refractivity (Wildman–Crippen MR) is 113 cm³/mol. The average molecular weight is 409 g/mol. The van der Waals surface area contributed by atoms with Crippen molar-refractivity contribution in [1.29, 1.82) is 0 Å². The number of carbonyl (C=O) groups excluding carboxylic acids is 2. The van der Waals surface area contributed by atoms with Gasteiger partial charge in [0, 0.05) is 6.08 Å². The van der Waals surface area contributed by atoms with Gasteiger partial charge < -0.3 is 9.47 Å². The standard InChI is InChI=1S/C21H19N3O4S/c1-14-6-3-4-8-16(14)13-28-17-9-5-7-15(10-17)12-22-24-21-23-20(26)18(29-21)11-19(25)27-2/h3-12H,13H2,1-2H3,(H,23,24,26)/b18-11+,22-12?. The SMILES string of the molecule is COC(=O)/C=C1/S/C(=N\N=Cc2cccc(OCc3ccccc3C)c2)NC1=O. The van der Waals surface area contributed by atoms with Gasteiger partial charge in [-0.15, -0.1) is 5.10 Å². The highest BCUT2D eigenvalue weighted by Crippen LogP contribution is 2.23. The molecule has 2 aromatic rings. The molecule has 1 N–H and O–H groups in total. The summed E-state index contributed by atoms with van der Waals surface area (Å²) in [5.41, 5.74) is 3.11. The van der Waals surface area contributed by atoms with Crippen LogP contribution in [0.4, 0.5) is 0 Å². The van der Waals surface area contributed by atoms with Crippen LogP contribution in [0.15, 0.2) is 69.7 Å². The van der Waals surface area contributed by atoms with E-state index in [0.717, 1.165) is 34.7 Å². The summed E-state index contributed by atoms with van der Waals surface area (Å²) in [6.45, 7) is 2.53. The van der Waals surface area contributed by atoms with Crippen molar-refractivity contribution >= 4 is 35.0 Å². The maximum atomic E-state index is 11.8. The quantitative estimate of drug-likeness (QED) is 0.343. The molecule has 0 aromatic heterocycles. The van der Waals surface area contributed by atoms with Crippen molar-refractivity contribution in [1.82, 2.24) is 5.32 Å². The Morgan fingerprint density at radius 2 is 2.03 bits per heavy atom. The molecular weight excluding hydrogens is 390 g/mol. The number of nitrogens with zero attached hydrogens (tertiary/aromatic N) is 2. The van der Waals surface area contributed by atoms with Gasteiger partial charge in [-0.25, -0.2) is 4.79 Å². The second-order valence-corrected chi connectivity index (χ2v) is 7.06. The number of amides is 1. The molecule has 1 saturated heterocycles. The largest absolute Gasteiger partial charge is 0.489 e. The molecular formula is C21H19N3O4S. The Morgan fingerprint density at radius 1 is 1.21 bits per heavy atom. The molecule has 0 radical (unpaired) electrons. The Hall–Kier alpha value is -3.39. The maximum Gasteiger partial charge on any atom is 0.331 e. The number of carbonyl (C=O) groups is 2. The molecule has 1 amide bonds. The Bertz CT molecular complexity index is 1010. The van der Waals surface area contributed by atoms with Crippen LogP contribution in [0.1, 0.15) is 16.7 Å². The fourth-order valence-corrected chi connectivity index (χ4v) is 3.15. The molecule has 0 saturated carbocycles. The van der Waals surface area contributed by atoms with E-state index in [1.165, 1.54) is 12.7 Å². The second-order valence-electron chi connectivity index (χ2n) is 6.03. The molecule has 7 nitrogen and oxygen atoms in total. The van der Waals surface area contributed by atoms with Gasteiger partial charge in [0.1, 0.15) is 12.4 Å².